The van der Waals surface area contributed by atoms with Gasteiger partial charge in [-0.1, -0.05) is 27.2 Å². The van der Waals surface area contributed by atoms with Gasteiger partial charge in [0.1, 0.15) is 19.0 Å². The zero-order chi connectivity index (χ0) is 20.9. The van der Waals surface area contributed by atoms with E-state index in [2.05, 4.69) is 25.6 Å². The first kappa shape index (κ1) is 22.5. The number of esters is 1. The molecular formula is C15H16BrF3N2O7. The summed E-state index contributed by atoms with van der Waals surface area (Å²) in [6.07, 6.45) is -7.66. The van der Waals surface area contributed by atoms with E-state index < -0.39 is 43.1 Å². The lowest BCUT2D eigenvalue weighted by atomic mass is 9.99. The minimum atomic E-state index is -4.89. The van der Waals surface area contributed by atoms with Crippen LogP contribution in [-0.4, -0.2) is 48.0 Å². The zero-order valence-electron chi connectivity index (χ0n) is 14.2. The first-order chi connectivity index (χ1) is 13.2. The molecule has 0 saturated heterocycles. The van der Waals surface area contributed by atoms with Gasteiger partial charge in [0.25, 0.3) is 0 Å². The standard InChI is InChI=1S/C15H16BrF3N2O7/c1-7-2-9(16)3-8-4-11(13(15(17,18)19)28-12(7)8)14(22)27-10(5-25-20-23)6-26-21-24/h2-4,10,13,20-21,23-24H,5-6H2,1H3. The molecule has 0 aromatic heterocycles. The van der Waals surface area contributed by atoms with Gasteiger partial charge in [0.05, 0.1) is 5.57 Å². The summed E-state index contributed by atoms with van der Waals surface area (Å²) in [6, 6.07) is 3.08. The van der Waals surface area contributed by atoms with Crippen molar-refractivity contribution in [3.63, 3.8) is 0 Å². The number of nitrogens with one attached hydrogen (secondary N) is 2. The Morgan fingerprint density at radius 3 is 2.43 bits per heavy atom. The van der Waals surface area contributed by atoms with Gasteiger partial charge in [-0.2, -0.15) is 13.2 Å². The van der Waals surface area contributed by atoms with E-state index >= 15 is 0 Å². The average molecular weight is 473 g/mol. The quantitative estimate of drug-likeness (QED) is 0.333. The Balaban J connectivity index is 2.34. The summed E-state index contributed by atoms with van der Waals surface area (Å²) < 4.78 is 51.1. The fraction of sp³-hybridized carbons (Fsp3) is 0.400. The molecule has 0 saturated carbocycles. The van der Waals surface area contributed by atoms with Gasteiger partial charge in [0.2, 0.25) is 6.10 Å². The smallest absolute Gasteiger partial charge is 0.430 e. The summed E-state index contributed by atoms with van der Waals surface area (Å²) in [6.45, 7) is 0.592. The van der Waals surface area contributed by atoms with Crippen LogP contribution in [0.4, 0.5) is 13.2 Å². The number of ether oxygens (including phenoxy) is 2. The maximum Gasteiger partial charge on any atom is 0.430 e. The fourth-order valence-corrected chi connectivity index (χ4v) is 3.04. The molecule has 0 fully saturated rings. The molecular weight excluding hydrogens is 457 g/mol. The lowest BCUT2D eigenvalue weighted by molar-refractivity contribution is -0.200. The SMILES string of the molecule is Cc1cc(Br)cc2c1OC(C(F)(F)F)C(C(=O)OC(CONO)CONO)=C2. The first-order valence-corrected chi connectivity index (χ1v) is 8.44. The Morgan fingerprint density at radius 2 is 1.89 bits per heavy atom. The van der Waals surface area contributed by atoms with E-state index in [-0.39, 0.29) is 11.3 Å². The van der Waals surface area contributed by atoms with E-state index in [1.54, 1.807) is 13.0 Å². The molecule has 1 unspecified atom stereocenters. The highest BCUT2D eigenvalue weighted by Crippen LogP contribution is 2.40. The van der Waals surface area contributed by atoms with E-state index in [0.29, 0.717) is 10.0 Å². The molecule has 1 atom stereocenters. The van der Waals surface area contributed by atoms with Crippen molar-refractivity contribution < 1.29 is 47.5 Å². The third kappa shape index (κ3) is 5.64. The molecule has 9 nitrogen and oxygen atoms in total. The van der Waals surface area contributed by atoms with Gasteiger partial charge in [0.15, 0.2) is 6.10 Å². The van der Waals surface area contributed by atoms with Crippen LogP contribution in [0.3, 0.4) is 0 Å². The third-order valence-corrected chi connectivity index (χ3v) is 4.03. The molecule has 0 spiro atoms. The molecule has 1 aromatic rings. The van der Waals surface area contributed by atoms with Crippen LogP contribution in [0.1, 0.15) is 11.1 Å². The molecule has 0 bridgehead atoms. The third-order valence-electron chi connectivity index (χ3n) is 3.57. The van der Waals surface area contributed by atoms with Crippen LogP contribution in [0.2, 0.25) is 0 Å². The van der Waals surface area contributed by atoms with Crippen LogP contribution in [0.15, 0.2) is 22.2 Å². The number of benzene rings is 1. The maximum atomic E-state index is 13.5. The molecule has 156 valence electrons. The Bertz CT molecular complexity index is 737. The molecule has 0 radical (unpaired) electrons. The van der Waals surface area contributed by atoms with E-state index in [9.17, 15) is 18.0 Å². The van der Waals surface area contributed by atoms with Crippen molar-refractivity contribution in [3.8, 4) is 5.75 Å². The molecule has 1 aromatic carbocycles. The lowest BCUT2D eigenvalue weighted by Crippen LogP contribution is -2.42. The summed E-state index contributed by atoms with van der Waals surface area (Å²) in [5, 5.41) is 16.9. The monoisotopic (exact) mass is 472 g/mol. The molecule has 2 rings (SSSR count). The minimum absolute atomic E-state index is 0.000692. The van der Waals surface area contributed by atoms with E-state index in [1.807, 2.05) is 0 Å². The highest BCUT2D eigenvalue weighted by Gasteiger charge is 2.49. The number of carbonyl (C=O) groups is 1. The first-order valence-electron chi connectivity index (χ1n) is 7.65. The van der Waals surface area contributed by atoms with Crippen LogP contribution < -0.4 is 16.0 Å². The predicted molar refractivity (Wildman–Crippen MR) is 89.0 cm³/mol. The Labute approximate surface area is 165 Å². The van der Waals surface area contributed by atoms with Gasteiger partial charge in [-0.25, -0.2) is 4.79 Å². The number of halogens is 4. The van der Waals surface area contributed by atoms with Crippen LogP contribution in [0.5, 0.6) is 5.75 Å². The topological polar surface area (TPSA) is 119 Å². The number of fused-ring (bicyclic) bond motifs is 1. The summed E-state index contributed by atoms with van der Waals surface area (Å²) in [4.78, 5) is 21.3. The predicted octanol–water partition coefficient (Wildman–Crippen LogP) is 2.20. The number of hydrogen-bond donors (Lipinski definition) is 4. The molecule has 4 N–H and O–H groups in total. The van der Waals surface area contributed by atoms with Crippen molar-refractivity contribution in [2.45, 2.75) is 25.3 Å². The van der Waals surface area contributed by atoms with Crippen molar-refractivity contribution in [2.75, 3.05) is 13.2 Å². The Morgan fingerprint density at radius 1 is 1.29 bits per heavy atom. The second-order valence-corrected chi connectivity index (χ2v) is 6.53. The highest BCUT2D eigenvalue weighted by atomic mass is 79.9. The summed E-state index contributed by atoms with van der Waals surface area (Å²) in [7, 11) is 0. The van der Waals surface area contributed by atoms with Gasteiger partial charge >= 0.3 is 12.1 Å². The van der Waals surface area contributed by atoms with Crippen molar-refractivity contribution in [1.82, 2.24) is 11.3 Å². The number of aryl methyl sites for hydroxylation is 1. The van der Waals surface area contributed by atoms with Crippen LogP contribution in [0.25, 0.3) is 6.08 Å². The fourth-order valence-electron chi connectivity index (χ4n) is 2.45. The van der Waals surface area contributed by atoms with Gasteiger partial charge in [-0.15, -0.1) is 0 Å². The second-order valence-electron chi connectivity index (χ2n) is 5.61. The van der Waals surface area contributed by atoms with E-state index in [4.69, 9.17) is 19.9 Å². The van der Waals surface area contributed by atoms with Crippen LogP contribution in [0, 0.1) is 6.92 Å². The number of rotatable bonds is 8. The van der Waals surface area contributed by atoms with Gasteiger partial charge < -0.3 is 9.47 Å². The van der Waals surface area contributed by atoms with Crippen molar-refractivity contribution in [2.24, 2.45) is 0 Å². The number of hydrogen-bond acceptors (Lipinski definition) is 9. The number of carbonyl (C=O) groups excluding carboxylic acids is 1. The minimum Gasteiger partial charge on any atom is -0.475 e. The lowest BCUT2D eigenvalue weighted by Gasteiger charge is -2.29. The molecule has 28 heavy (non-hydrogen) atoms. The Kier molecular flexibility index (Phi) is 7.77. The summed E-state index contributed by atoms with van der Waals surface area (Å²) >= 11 is 3.23. The Hall–Kier alpha value is -1.74. The van der Waals surface area contributed by atoms with Crippen molar-refractivity contribution in [3.05, 3.63) is 33.3 Å². The van der Waals surface area contributed by atoms with Gasteiger partial charge in [0, 0.05) is 10.0 Å². The van der Waals surface area contributed by atoms with Gasteiger partial charge in [-0.3, -0.25) is 20.1 Å². The van der Waals surface area contributed by atoms with Crippen molar-refractivity contribution >= 4 is 28.0 Å². The second kappa shape index (κ2) is 9.65. The molecule has 0 aliphatic carbocycles. The average Bonchev–Trinajstić information content (AvgIpc) is 2.61. The highest BCUT2D eigenvalue weighted by molar-refractivity contribution is 9.10. The molecule has 1 aliphatic rings. The largest absolute Gasteiger partial charge is 0.475 e. The molecule has 1 aliphatic heterocycles. The van der Waals surface area contributed by atoms with E-state index in [1.165, 1.54) is 17.4 Å². The summed E-state index contributed by atoms with van der Waals surface area (Å²) in [5.41, 5.74) is 2.59. The number of alkyl halides is 3. The van der Waals surface area contributed by atoms with E-state index in [0.717, 1.165) is 6.08 Å². The van der Waals surface area contributed by atoms with Crippen LogP contribution in [-0.2, 0) is 19.2 Å². The van der Waals surface area contributed by atoms with Crippen molar-refractivity contribution in [1.29, 1.82) is 0 Å². The molecule has 1 heterocycles. The molecule has 13 heteroatoms. The summed E-state index contributed by atoms with van der Waals surface area (Å²) in [5.74, 6) is -1.34. The normalized spacial score (nSPS) is 16.4. The zero-order valence-corrected chi connectivity index (χ0v) is 15.8. The van der Waals surface area contributed by atoms with Gasteiger partial charge in [-0.05, 0) is 30.7 Å². The maximum absolute atomic E-state index is 13.5. The van der Waals surface area contributed by atoms with Crippen LogP contribution >= 0.6 is 15.9 Å². The molecule has 0 amide bonds.